The van der Waals surface area contributed by atoms with E-state index in [-0.39, 0.29) is 12.0 Å². The Morgan fingerprint density at radius 2 is 1.93 bits per heavy atom. The predicted molar refractivity (Wildman–Crippen MR) is 113 cm³/mol. The van der Waals surface area contributed by atoms with E-state index in [0.29, 0.717) is 18.7 Å². The molecule has 2 aliphatic heterocycles. The van der Waals surface area contributed by atoms with Crippen molar-refractivity contribution in [3.05, 3.63) is 46.2 Å². The van der Waals surface area contributed by atoms with Crippen LogP contribution in [-0.4, -0.2) is 55.1 Å². The predicted octanol–water partition coefficient (Wildman–Crippen LogP) is 3.55. The number of benzene rings is 1. The summed E-state index contributed by atoms with van der Waals surface area (Å²) in [4.78, 5) is 29.7. The average Bonchev–Trinajstić information content (AvgIpc) is 2.67. The summed E-state index contributed by atoms with van der Waals surface area (Å²) in [6, 6.07) is 5.40. The molecule has 0 aliphatic carbocycles. The Kier molecular flexibility index (Phi) is 6.63. The van der Waals surface area contributed by atoms with Crippen LogP contribution in [0.2, 0.25) is 0 Å². The third-order valence-electron chi connectivity index (χ3n) is 6.06. The molecule has 1 N–H and O–H groups in total. The fraction of sp³-hybridized carbons (Fsp3) is 0.565. The minimum atomic E-state index is -0.503. The summed E-state index contributed by atoms with van der Waals surface area (Å²) in [5, 5.41) is 3.02. The molecule has 6 heteroatoms. The third-order valence-corrected chi connectivity index (χ3v) is 6.06. The fourth-order valence-electron chi connectivity index (χ4n) is 4.21. The zero-order valence-corrected chi connectivity index (χ0v) is 18.2. The average molecular weight is 400 g/mol. The summed E-state index contributed by atoms with van der Waals surface area (Å²) in [6.45, 7) is 11.0. The molecular formula is C23H33N3O3. The van der Waals surface area contributed by atoms with Crippen molar-refractivity contribution < 1.29 is 14.3 Å². The fourth-order valence-corrected chi connectivity index (χ4v) is 4.21. The molecule has 29 heavy (non-hydrogen) atoms. The van der Waals surface area contributed by atoms with Crippen LogP contribution in [0.15, 0.2) is 29.5 Å². The number of likely N-dealkylation sites (tertiary alicyclic amines) is 1. The normalized spacial score (nSPS) is 21.3. The smallest absolute Gasteiger partial charge is 0.338 e. The molecule has 2 heterocycles. The van der Waals surface area contributed by atoms with Gasteiger partial charge in [0.1, 0.15) is 0 Å². The molecule has 2 aliphatic rings. The number of ether oxygens (including phenoxy) is 1. The van der Waals surface area contributed by atoms with Crippen molar-refractivity contribution in [2.75, 3.05) is 33.3 Å². The number of esters is 1. The Hall–Kier alpha value is -2.34. The van der Waals surface area contributed by atoms with E-state index in [0.717, 1.165) is 54.2 Å². The molecule has 0 radical (unpaired) electrons. The summed E-state index contributed by atoms with van der Waals surface area (Å²) in [6.07, 6.45) is 2.27. The molecule has 0 spiro atoms. The lowest BCUT2D eigenvalue weighted by Crippen LogP contribution is -2.50. The first-order valence-electron chi connectivity index (χ1n) is 10.6. The van der Waals surface area contributed by atoms with E-state index in [2.05, 4.69) is 23.2 Å². The topological polar surface area (TPSA) is 61.9 Å². The molecule has 0 aromatic heterocycles. The Balaban J connectivity index is 2.05. The number of piperidine rings is 1. The number of hydrogen-bond acceptors (Lipinski definition) is 4. The maximum atomic E-state index is 13.0. The van der Waals surface area contributed by atoms with E-state index < -0.39 is 6.04 Å². The summed E-state index contributed by atoms with van der Waals surface area (Å²) in [5.74, 6) is 0.366. The molecule has 1 saturated heterocycles. The number of rotatable bonds is 5. The molecule has 1 fully saturated rings. The highest BCUT2D eigenvalue weighted by Gasteiger charge is 2.38. The molecule has 0 saturated carbocycles. The molecule has 6 nitrogen and oxygen atoms in total. The van der Waals surface area contributed by atoms with Gasteiger partial charge in [0.2, 0.25) is 0 Å². The van der Waals surface area contributed by atoms with Gasteiger partial charge in [-0.1, -0.05) is 30.7 Å². The van der Waals surface area contributed by atoms with Gasteiger partial charge in [-0.25, -0.2) is 9.59 Å². The summed E-state index contributed by atoms with van der Waals surface area (Å²) in [7, 11) is 1.73. The van der Waals surface area contributed by atoms with Crippen molar-refractivity contribution in [3.8, 4) is 0 Å². The SMILES string of the molecule is CCOC(=O)C1=C(CN2CCC(C)CC2)N(C)C(=O)N[C@@H]1c1ccc(C)cc1C. The van der Waals surface area contributed by atoms with E-state index in [4.69, 9.17) is 4.74 Å². The van der Waals surface area contributed by atoms with Gasteiger partial charge in [-0.15, -0.1) is 0 Å². The largest absolute Gasteiger partial charge is 0.463 e. The van der Waals surface area contributed by atoms with Crippen LogP contribution in [0, 0.1) is 19.8 Å². The second kappa shape index (κ2) is 8.99. The molecule has 0 unspecified atom stereocenters. The van der Waals surface area contributed by atoms with Gasteiger partial charge in [0.25, 0.3) is 0 Å². The van der Waals surface area contributed by atoms with Gasteiger partial charge in [0.15, 0.2) is 0 Å². The number of hydrogen-bond donors (Lipinski definition) is 1. The lowest BCUT2D eigenvalue weighted by atomic mass is 9.90. The first-order valence-corrected chi connectivity index (χ1v) is 10.6. The molecule has 2 amide bonds. The zero-order chi connectivity index (χ0) is 21.1. The van der Waals surface area contributed by atoms with Crippen molar-refractivity contribution >= 4 is 12.0 Å². The Bertz CT molecular complexity index is 810. The first-order chi connectivity index (χ1) is 13.8. The van der Waals surface area contributed by atoms with E-state index in [9.17, 15) is 9.59 Å². The van der Waals surface area contributed by atoms with Crippen LogP contribution in [0.1, 0.15) is 49.4 Å². The molecule has 1 aromatic carbocycles. The zero-order valence-electron chi connectivity index (χ0n) is 18.2. The molecular weight excluding hydrogens is 366 g/mol. The number of carbonyl (C=O) groups is 2. The van der Waals surface area contributed by atoms with Crippen LogP contribution < -0.4 is 5.32 Å². The Morgan fingerprint density at radius 1 is 1.24 bits per heavy atom. The highest BCUT2D eigenvalue weighted by molar-refractivity contribution is 5.95. The Morgan fingerprint density at radius 3 is 2.55 bits per heavy atom. The number of nitrogens with one attached hydrogen (secondary N) is 1. The minimum Gasteiger partial charge on any atom is -0.463 e. The number of nitrogens with zero attached hydrogens (tertiary/aromatic N) is 2. The van der Waals surface area contributed by atoms with Crippen molar-refractivity contribution in [2.24, 2.45) is 5.92 Å². The standard InChI is InChI=1S/C23H33N3O3/c1-6-29-22(27)20-19(14-26-11-9-15(2)10-12-26)25(5)23(28)24-21(20)18-8-7-16(3)13-17(18)4/h7-8,13,15,21H,6,9-12,14H2,1-5H3,(H,24,28)/t21-/m1/s1. The van der Waals surface area contributed by atoms with Gasteiger partial charge in [0, 0.05) is 19.3 Å². The number of carbonyl (C=O) groups excluding carboxylic acids is 2. The van der Waals surface area contributed by atoms with Crippen molar-refractivity contribution in [2.45, 2.75) is 46.6 Å². The maximum Gasteiger partial charge on any atom is 0.338 e. The molecule has 0 bridgehead atoms. The molecule has 3 rings (SSSR count). The lowest BCUT2D eigenvalue weighted by molar-refractivity contribution is -0.139. The highest BCUT2D eigenvalue weighted by atomic mass is 16.5. The van der Waals surface area contributed by atoms with Gasteiger partial charge in [-0.05, 0) is 63.7 Å². The van der Waals surface area contributed by atoms with E-state index in [1.165, 1.54) is 0 Å². The van der Waals surface area contributed by atoms with E-state index >= 15 is 0 Å². The van der Waals surface area contributed by atoms with Crippen molar-refractivity contribution in [3.63, 3.8) is 0 Å². The quantitative estimate of drug-likeness (QED) is 0.769. The van der Waals surface area contributed by atoms with Crippen LogP contribution in [0.3, 0.4) is 0 Å². The molecule has 158 valence electrons. The second-order valence-corrected chi connectivity index (χ2v) is 8.34. The lowest BCUT2D eigenvalue weighted by Gasteiger charge is -2.38. The van der Waals surface area contributed by atoms with Gasteiger partial charge >= 0.3 is 12.0 Å². The van der Waals surface area contributed by atoms with Crippen LogP contribution in [-0.2, 0) is 9.53 Å². The van der Waals surface area contributed by atoms with Crippen molar-refractivity contribution in [1.29, 1.82) is 0 Å². The van der Waals surface area contributed by atoms with Gasteiger partial charge in [-0.2, -0.15) is 0 Å². The number of likely N-dealkylation sites (N-methyl/N-ethyl adjacent to an activating group) is 1. The molecule has 1 aromatic rings. The van der Waals surface area contributed by atoms with Crippen LogP contribution in [0.25, 0.3) is 0 Å². The minimum absolute atomic E-state index is 0.191. The number of aryl methyl sites for hydroxylation is 2. The van der Waals surface area contributed by atoms with E-state index in [1.807, 2.05) is 26.0 Å². The maximum absolute atomic E-state index is 13.0. The van der Waals surface area contributed by atoms with Gasteiger partial charge < -0.3 is 10.1 Å². The second-order valence-electron chi connectivity index (χ2n) is 8.34. The Labute approximate surface area is 173 Å². The van der Waals surface area contributed by atoms with Crippen LogP contribution >= 0.6 is 0 Å². The summed E-state index contributed by atoms with van der Waals surface area (Å²) >= 11 is 0. The van der Waals surface area contributed by atoms with Crippen LogP contribution in [0.4, 0.5) is 4.79 Å². The number of amides is 2. The third kappa shape index (κ3) is 4.64. The van der Waals surface area contributed by atoms with Crippen LogP contribution in [0.5, 0.6) is 0 Å². The summed E-state index contributed by atoms with van der Waals surface area (Å²) < 4.78 is 5.42. The van der Waals surface area contributed by atoms with E-state index in [1.54, 1.807) is 18.9 Å². The highest BCUT2D eigenvalue weighted by Crippen LogP contribution is 2.33. The van der Waals surface area contributed by atoms with Gasteiger partial charge in [-0.3, -0.25) is 9.80 Å². The number of urea groups is 1. The molecule has 1 atom stereocenters. The monoisotopic (exact) mass is 399 g/mol. The van der Waals surface area contributed by atoms with Crippen molar-refractivity contribution in [1.82, 2.24) is 15.1 Å². The summed E-state index contributed by atoms with van der Waals surface area (Å²) in [5.41, 5.74) is 4.42. The van der Waals surface area contributed by atoms with Gasteiger partial charge in [0.05, 0.1) is 18.2 Å². The first kappa shape index (κ1) is 21.4.